The van der Waals surface area contributed by atoms with E-state index in [0.717, 1.165) is 5.69 Å². The van der Waals surface area contributed by atoms with E-state index in [2.05, 4.69) is 20.2 Å². The highest BCUT2D eigenvalue weighted by Crippen LogP contribution is 2.21. The van der Waals surface area contributed by atoms with Crippen LogP contribution in [-0.2, 0) is 12.8 Å². The minimum absolute atomic E-state index is 0.262. The minimum atomic E-state index is -0.354. The molecule has 0 bridgehead atoms. The lowest BCUT2D eigenvalue weighted by atomic mass is 10.1. The number of thiazole rings is 1. The third-order valence-electron chi connectivity index (χ3n) is 2.89. The Bertz CT molecular complexity index is 749. The highest BCUT2D eigenvalue weighted by Gasteiger charge is 2.12. The summed E-state index contributed by atoms with van der Waals surface area (Å²) < 4.78 is 13.7. The lowest BCUT2D eigenvalue weighted by Crippen LogP contribution is -1.96. The molecule has 0 atom stereocenters. The lowest BCUT2D eigenvalue weighted by Gasteiger charge is -2.02. The standard InChI is InChI=1S/C13H11ClFN5S/c14-9-2-1-3-10(15)8(9)5-12-18-11(19-20-12)4-7-6-21-13(16)17-7/h1-3,6H,4-5H2,(H2,16,17)(H,18,19,20). The summed E-state index contributed by atoms with van der Waals surface area (Å²) in [4.78, 5) is 8.47. The topological polar surface area (TPSA) is 80.5 Å². The highest BCUT2D eigenvalue weighted by molar-refractivity contribution is 7.13. The summed E-state index contributed by atoms with van der Waals surface area (Å²) >= 11 is 7.37. The van der Waals surface area contributed by atoms with Crippen LogP contribution in [0.5, 0.6) is 0 Å². The summed E-state index contributed by atoms with van der Waals surface area (Å²) in [6.45, 7) is 0. The molecule has 0 saturated heterocycles. The SMILES string of the molecule is Nc1nc(Cc2n[nH]c(Cc3c(F)cccc3Cl)n2)cs1. The van der Waals surface area contributed by atoms with Gasteiger partial charge in [-0.3, -0.25) is 5.10 Å². The maximum Gasteiger partial charge on any atom is 0.180 e. The van der Waals surface area contributed by atoms with Crippen molar-refractivity contribution in [2.24, 2.45) is 0 Å². The molecule has 108 valence electrons. The molecule has 3 rings (SSSR count). The van der Waals surface area contributed by atoms with Crippen molar-refractivity contribution in [1.82, 2.24) is 20.2 Å². The van der Waals surface area contributed by atoms with Crippen LogP contribution in [0.3, 0.4) is 0 Å². The van der Waals surface area contributed by atoms with Crippen LogP contribution >= 0.6 is 22.9 Å². The van der Waals surface area contributed by atoms with Crippen LogP contribution in [0.1, 0.15) is 22.9 Å². The predicted molar refractivity (Wildman–Crippen MR) is 79.9 cm³/mol. The molecule has 0 aliphatic rings. The molecule has 0 amide bonds. The molecule has 0 radical (unpaired) electrons. The number of nitrogens with two attached hydrogens (primary N) is 1. The van der Waals surface area contributed by atoms with Crippen LogP contribution in [0, 0.1) is 5.82 Å². The van der Waals surface area contributed by atoms with Crippen LogP contribution in [0.25, 0.3) is 0 Å². The summed E-state index contributed by atoms with van der Waals surface area (Å²) in [5.41, 5.74) is 6.79. The Morgan fingerprint density at radius 1 is 1.29 bits per heavy atom. The number of aromatic nitrogens is 4. The van der Waals surface area contributed by atoms with Gasteiger partial charge in [-0.25, -0.2) is 14.4 Å². The molecule has 0 fully saturated rings. The number of nitrogens with one attached hydrogen (secondary N) is 1. The van der Waals surface area contributed by atoms with Gasteiger partial charge in [-0.05, 0) is 12.1 Å². The van der Waals surface area contributed by atoms with Gasteiger partial charge in [0.2, 0.25) is 0 Å². The maximum atomic E-state index is 13.7. The molecule has 3 aromatic rings. The number of benzene rings is 1. The molecule has 0 aliphatic carbocycles. The monoisotopic (exact) mass is 323 g/mol. The molecule has 0 saturated carbocycles. The molecule has 1 aromatic carbocycles. The van der Waals surface area contributed by atoms with E-state index in [9.17, 15) is 4.39 Å². The smallest absolute Gasteiger partial charge is 0.180 e. The number of H-pyrrole nitrogens is 1. The van der Waals surface area contributed by atoms with Gasteiger partial charge in [0.15, 0.2) is 11.0 Å². The summed E-state index contributed by atoms with van der Waals surface area (Å²) in [6.07, 6.45) is 0.743. The van der Waals surface area contributed by atoms with Crippen molar-refractivity contribution in [3.63, 3.8) is 0 Å². The van der Waals surface area contributed by atoms with Crippen molar-refractivity contribution in [1.29, 1.82) is 0 Å². The van der Waals surface area contributed by atoms with Gasteiger partial charge >= 0.3 is 0 Å². The van der Waals surface area contributed by atoms with Crippen LogP contribution < -0.4 is 5.73 Å². The lowest BCUT2D eigenvalue weighted by molar-refractivity contribution is 0.612. The number of halogens is 2. The highest BCUT2D eigenvalue weighted by atomic mass is 35.5. The van der Waals surface area contributed by atoms with E-state index in [1.165, 1.54) is 17.4 Å². The van der Waals surface area contributed by atoms with Crippen molar-refractivity contribution >= 4 is 28.1 Å². The van der Waals surface area contributed by atoms with E-state index < -0.39 is 0 Å². The molecule has 2 aromatic heterocycles. The number of hydrogen-bond donors (Lipinski definition) is 2. The van der Waals surface area contributed by atoms with Crippen molar-refractivity contribution in [3.05, 3.63) is 57.3 Å². The second kappa shape index (κ2) is 5.79. The largest absolute Gasteiger partial charge is 0.375 e. The summed E-state index contributed by atoms with van der Waals surface area (Å²) in [6, 6.07) is 4.59. The number of anilines is 1. The van der Waals surface area contributed by atoms with Crippen molar-refractivity contribution < 1.29 is 4.39 Å². The maximum absolute atomic E-state index is 13.7. The van der Waals surface area contributed by atoms with Crippen LogP contribution in [0.15, 0.2) is 23.6 Å². The zero-order valence-corrected chi connectivity index (χ0v) is 12.4. The number of aromatic amines is 1. The number of nitrogens with zero attached hydrogens (tertiary/aromatic N) is 3. The molecule has 8 heteroatoms. The molecule has 0 aliphatic heterocycles. The summed E-state index contributed by atoms with van der Waals surface area (Å²) in [5.74, 6) is 0.788. The average molecular weight is 324 g/mol. The van der Waals surface area contributed by atoms with Crippen molar-refractivity contribution in [3.8, 4) is 0 Å². The Hall–Kier alpha value is -1.99. The number of rotatable bonds is 4. The summed E-state index contributed by atoms with van der Waals surface area (Å²) in [5, 5.41) is 9.64. The van der Waals surface area contributed by atoms with Gasteiger partial charge in [0.25, 0.3) is 0 Å². The van der Waals surface area contributed by atoms with E-state index in [0.29, 0.717) is 33.8 Å². The Morgan fingerprint density at radius 2 is 2.14 bits per heavy atom. The van der Waals surface area contributed by atoms with E-state index in [4.69, 9.17) is 17.3 Å². The Morgan fingerprint density at radius 3 is 2.86 bits per heavy atom. The number of nitrogen functional groups attached to an aromatic ring is 1. The zero-order valence-electron chi connectivity index (χ0n) is 10.8. The van der Waals surface area contributed by atoms with Gasteiger partial charge in [0, 0.05) is 22.4 Å². The van der Waals surface area contributed by atoms with Crippen LogP contribution in [0.4, 0.5) is 9.52 Å². The fraction of sp³-hybridized carbons (Fsp3) is 0.154. The summed E-state index contributed by atoms with van der Waals surface area (Å²) in [7, 11) is 0. The fourth-order valence-corrected chi connectivity index (χ4v) is 2.72. The van der Waals surface area contributed by atoms with Gasteiger partial charge < -0.3 is 5.73 Å². The average Bonchev–Trinajstić information content (AvgIpc) is 3.04. The van der Waals surface area contributed by atoms with Crippen molar-refractivity contribution in [2.45, 2.75) is 12.8 Å². The van der Waals surface area contributed by atoms with E-state index in [-0.39, 0.29) is 12.2 Å². The van der Waals surface area contributed by atoms with Crippen molar-refractivity contribution in [2.75, 3.05) is 5.73 Å². The third kappa shape index (κ3) is 3.20. The number of hydrogen-bond acceptors (Lipinski definition) is 5. The first-order valence-corrected chi connectivity index (χ1v) is 7.40. The van der Waals surface area contributed by atoms with E-state index in [1.807, 2.05) is 5.38 Å². The molecule has 21 heavy (non-hydrogen) atoms. The molecular weight excluding hydrogens is 313 g/mol. The fourth-order valence-electron chi connectivity index (χ4n) is 1.93. The molecule has 2 heterocycles. The minimum Gasteiger partial charge on any atom is -0.375 e. The van der Waals surface area contributed by atoms with Gasteiger partial charge in [0.05, 0.1) is 12.1 Å². The quantitative estimate of drug-likeness (QED) is 0.773. The Balaban J connectivity index is 1.76. The zero-order chi connectivity index (χ0) is 14.8. The van der Waals surface area contributed by atoms with Gasteiger partial charge in [-0.15, -0.1) is 11.3 Å². The van der Waals surface area contributed by atoms with Gasteiger partial charge in [0.1, 0.15) is 11.6 Å². The van der Waals surface area contributed by atoms with E-state index in [1.54, 1.807) is 12.1 Å². The third-order valence-corrected chi connectivity index (χ3v) is 3.97. The second-order valence-electron chi connectivity index (χ2n) is 4.43. The van der Waals surface area contributed by atoms with E-state index >= 15 is 0 Å². The molecule has 3 N–H and O–H groups in total. The predicted octanol–water partition coefficient (Wildman–Crippen LogP) is 2.82. The normalized spacial score (nSPS) is 11.0. The van der Waals surface area contributed by atoms with Crippen LogP contribution in [-0.4, -0.2) is 20.2 Å². The van der Waals surface area contributed by atoms with Crippen LogP contribution in [0.2, 0.25) is 5.02 Å². The van der Waals surface area contributed by atoms with Gasteiger partial charge in [-0.1, -0.05) is 17.7 Å². The Labute approximate surface area is 129 Å². The first kappa shape index (κ1) is 14.0. The first-order chi connectivity index (χ1) is 10.1. The van der Waals surface area contributed by atoms with Gasteiger partial charge in [-0.2, -0.15) is 5.10 Å². The molecule has 5 nitrogen and oxygen atoms in total. The Kier molecular flexibility index (Phi) is 3.85. The molecule has 0 spiro atoms. The second-order valence-corrected chi connectivity index (χ2v) is 5.73. The molecule has 0 unspecified atom stereocenters. The molecular formula is C13H11ClFN5S. The first-order valence-electron chi connectivity index (χ1n) is 6.15.